The SMILES string of the molecule is COC(=O)c1c(NC(=O)c2ccccc2C(=O)Nc2sc3c(c2C(=O)OC)CCC(C(C)(C)C)C3)sc2c1CCC(C(C)(C)C)C2. The number of esters is 2. The van der Waals surface area contributed by atoms with Crippen molar-refractivity contribution in [3.63, 3.8) is 0 Å². The lowest BCUT2D eigenvalue weighted by molar-refractivity contribution is 0.0591. The van der Waals surface area contributed by atoms with Crippen molar-refractivity contribution in [3.05, 3.63) is 67.4 Å². The summed E-state index contributed by atoms with van der Waals surface area (Å²) in [7, 11) is 2.68. The van der Waals surface area contributed by atoms with E-state index in [1.54, 1.807) is 24.3 Å². The third-order valence-electron chi connectivity index (χ3n) is 9.63. The van der Waals surface area contributed by atoms with Crippen LogP contribution in [0.5, 0.6) is 0 Å². The zero-order chi connectivity index (χ0) is 33.6. The van der Waals surface area contributed by atoms with Crippen LogP contribution in [0, 0.1) is 22.7 Å². The molecule has 2 aliphatic carbocycles. The van der Waals surface area contributed by atoms with Gasteiger partial charge >= 0.3 is 11.9 Å². The Hall–Kier alpha value is -3.50. The summed E-state index contributed by atoms with van der Waals surface area (Å²) < 4.78 is 10.3. The number of thiophene rings is 2. The van der Waals surface area contributed by atoms with Gasteiger partial charge in [-0.15, -0.1) is 22.7 Å². The van der Waals surface area contributed by atoms with Gasteiger partial charge in [-0.3, -0.25) is 9.59 Å². The molecule has 46 heavy (non-hydrogen) atoms. The molecule has 246 valence electrons. The van der Waals surface area contributed by atoms with Crippen LogP contribution in [0.15, 0.2) is 24.3 Å². The highest BCUT2D eigenvalue weighted by molar-refractivity contribution is 7.17. The molecule has 2 aromatic heterocycles. The average molecular weight is 665 g/mol. The Bertz CT molecular complexity index is 1560. The van der Waals surface area contributed by atoms with Crippen molar-refractivity contribution in [2.24, 2.45) is 22.7 Å². The lowest BCUT2D eigenvalue weighted by Gasteiger charge is -2.33. The number of carbonyl (C=O) groups is 4. The number of nitrogens with one attached hydrogen (secondary N) is 2. The molecule has 0 radical (unpaired) electrons. The Morgan fingerprint density at radius 1 is 0.674 bits per heavy atom. The van der Waals surface area contributed by atoms with Crippen LogP contribution >= 0.6 is 22.7 Å². The Labute approximate surface area is 279 Å². The van der Waals surface area contributed by atoms with Crippen molar-refractivity contribution in [2.45, 2.75) is 80.1 Å². The van der Waals surface area contributed by atoms with Gasteiger partial charge in [0.15, 0.2) is 0 Å². The highest BCUT2D eigenvalue weighted by atomic mass is 32.1. The lowest BCUT2D eigenvalue weighted by Crippen LogP contribution is -2.26. The van der Waals surface area contributed by atoms with Crippen molar-refractivity contribution in [2.75, 3.05) is 24.9 Å². The van der Waals surface area contributed by atoms with Crippen LogP contribution in [0.4, 0.5) is 10.0 Å². The smallest absolute Gasteiger partial charge is 0.341 e. The first-order valence-electron chi connectivity index (χ1n) is 15.8. The van der Waals surface area contributed by atoms with E-state index in [4.69, 9.17) is 9.47 Å². The van der Waals surface area contributed by atoms with Crippen molar-refractivity contribution < 1.29 is 28.7 Å². The molecule has 3 aromatic rings. The topological polar surface area (TPSA) is 111 Å². The van der Waals surface area contributed by atoms with Gasteiger partial charge in [-0.05, 0) is 84.5 Å². The molecule has 0 aliphatic heterocycles. The monoisotopic (exact) mass is 664 g/mol. The normalized spacial score (nSPS) is 17.8. The standard InChI is InChI=1S/C36H44N2O6S2/c1-35(2,3)19-13-15-23-25(17-19)45-31(27(23)33(41)43-7)37-29(39)21-11-9-10-12-22(21)30(40)38-32-28(34(42)44-8)24-16-14-20(36(4,5)6)18-26(24)46-32/h9-12,19-20H,13-18H2,1-8H3,(H,37,39)(H,38,40). The zero-order valence-electron chi connectivity index (χ0n) is 28.0. The number of rotatable bonds is 6. The predicted molar refractivity (Wildman–Crippen MR) is 184 cm³/mol. The fourth-order valence-corrected chi connectivity index (χ4v) is 9.30. The van der Waals surface area contributed by atoms with Crippen molar-refractivity contribution in [1.82, 2.24) is 0 Å². The highest BCUT2D eigenvalue weighted by Crippen LogP contribution is 2.46. The molecular formula is C36H44N2O6S2. The summed E-state index contributed by atoms with van der Waals surface area (Å²) >= 11 is 2.81. The molecule has 2 atom stereocenters. The number of hydrogen-bond donors (Lipinski definition) is 2. The van der Waals surface area contributed by atoms with E-state index in [1.165, 1.54) is 36.9 Å². The third-order valence-corrected chi connectivity index (χ3v) is 12.0. The van der Waals surface area contributed by atoms with Gasteiger partial charge in [0.05, 0.1) is 36.5 Å². The van der Waals surface area contributed by atoms with Gasteiger partial charge in [0.1, 0.15) is 10.0 Å². The maximum atomic E-state index is 13.8. The summed E-state index contributed by atoms with van der Waals surface area (Å²) in [4.78, 5) is 55.6. The number of amides is 2. The summed E-state index contributed by atoms with van der Waals surface area (Å²) in [6.07, 6.45) is 5.01. The van der Waals surface area contributed by atoms with Crippen LogP contribution in [0.3, 0.4) is 0 Å². The van der Waals surface area contributed by atoms with E-state index in [0.717, 1.165) is 59.4 Å². The molecule has 8 nitrogen and oxygen atoms in total. The molecular weight excluding hydrogens is 621 g/mol. The number of anilines is 2. The maximum Gasteiger partial charge on any atom is 0.341 e. The molecule has 0 saturated carbocycles. The summed E-state index contributed by atoms with van der Waals surface area (Å²) in [6, 6.07) is 6.55. The van der Waals surface area contributed by atoms with E-state index in [1.807, 2.05) is 0 Å². The van der Waals surface area contributed by atoms with Gasteiger partial charge < -0.3 is 20.1 Å². The van der Waals surface area contributed by atoms with Gasteiger partial charge in [0.25, 0.3) is 11.8 Å². The van der Waals surface area contributed by atoms with E-state index in [9.17, 15) is 19.2 Å². The Morgan fingerprint density at radius 2 is 1.04 bits per heavy atom. The van der Waals surface area contributed by atoms with Gasteiger partial charge in [-0.1, -0.05) is 53.7 Å². The molecule has 0 fully saturated rings. The summed E-state index contributed by atoms with van der Waals surface area (Å²) in [6.45, 7) is 13.4. The van der Waals surface area contributed by atoms with Gasteiger partial charge in [0, 0.05) is 9.75 Å². The molecule has 5 rings (SSSR count). The van der Waals surface area contributed by atoms with E-state index < -0.39 is 23.8 Å². The van der Waals surface area contributed by atoms with Crippen molar-refractivity contribution in [1.29, 1.82) is 0 Å². The van der Waals surface area contributed by atoms with Crippen molar-refractivity contribution >= 4 is 56.4 Å². The van der Waals surface area contributed by atoms with Gasteiger partial charge in [0.2, 0.25) is 0 Å². The van der Waals surface area contributed by atoms with Crippen LogP contribution in [0.2, 0.25) is 0 Å². The Morgan fingerprint density at radius 3 is 1.37 bits per heavy atom. The van der Waals surface area contributed by atoms with Gasteiger partial charge in [-0.25, -0.2) is 9.59 Å². The number of methoxy groups -OCH3 is 2. The first-order valence-corrected chi connectivity index (χ1v) is 17.4. The minimum absolute atomic E-state index is 0.118. The number of benzene rings is 1. The number of ether oxygens (including phenoxy) is 2. The molecule has 10 heteroatoms. The van der Waals surface area contributed by atoms with Crippen LogP contribution in [0.25, 0.3) is 0 Å². The molecule has 2 heterocycles. The minimum Gasteiger partial charge on any atom is -0.465 e. The molecule has 2 aliphatic rings. The number of fused-ring (bicyclic) bond motifs is 2. The second-order valence-electron chi connectivity index (χ2n) is 14.5. The molecule has 1 aromatic carbocycles. The van der Waals surface area contributed by atoms with Gasteiger partial charge in [-0.2, -0.15) is 0 Å². The van der Waals surface area contributed by atoms with Crippen LogP contribution < -0.4 is 10.6 Å². The van der Waals surface area contributed by atoms with Crippen LogP contribution in [-0.2, 0) is 35.2 Å². The molecule has 0 bridgehead atoms. The summed E-state index contributed by atoms with van der Waals surface area (Å²) in [5.74, 6) is -1.08. The minimum atomic E-state index is -0.506. The predicted octanol–water partition coefficient (Wildman–Crippen LogP) is 8.19. The van der Waals surface area contributed by atoms with E-state index in [2.05, 4.69) is 52.2 Å². The second kappa shape index (κ2) is 13.0. The van der Waals surface area contributed by atoms with Crippen molar-refractivity contribution in [3.8, 4) is 0 Å². The Kier molecular flexibility index (Phi) is 9.53. The number of carbonyl (C=O) groups excluding carboxylic acids is 4. The molecule has 2 N–H and O–H groups in total. The summed E-state index contributed by atoms with van der Waals surface area (Å²) in [5, 5.41) is 6.73. The lowest BCUT2D eigenvalue weighted by atomic mass is 9.72. The molecule has 2 amide bonds. The fourth-order valence-electron chi connectivity index (χ4n) is 6.68. The zero-order valence-corrected chi connectivity index (χ0v) is 29.6. The van der Waals surface area contributed by atoms with Crippen LogP contribution in [0.1, 0.15) is 117 Å². The first-order chi connectivity index (χ1) is 21.6. The molecule has 2 unspecified atom stereocenters. The highest BCUT2D eigenvalue weighted by Gasteiger charge is 2.36. The quantitative estimate of drug-likeness (QED) is 0.257. The Balaban J connectivity index is 1.43. The largest absolute Gasteiger partial charge is 0.465 e. The first kappa shape index (κ1) is 33.9. The molecule has 0 saturated heterocycles. The second-order valence-corrected chi connectivity index (χ2v) is 16.7. The van der Waals surface area contributed by atoms with E-state index in [-0.39, 0.29) is 22.0 Å². The third kappa shape index (κ3) is 6.65. The van der Waals surface area contributed by atoms with E-state index in [0.29, 0.717) is 33.0 Å². The average Bonchev–Trinajstić information content (AvgIpc) is 3.55. The number of hydrogen-bond acceptors (Lipinski definition) is 8. The van der Waals surface area contributed by atoms with Crippen LogP contribution in [-0.4, -0.2) is 38.0 Å². The fraction of sp³-hybridized carbons (Fsp3) is 0.500. The summed E-state index contributed by atoms with van der Waals surface area (Å²) in [5.41, 5.74) is 3.20. The maximum absolute atomic E-state index is 13.8. The molecule has 0 spiro atoms. The van der Waals surface area contributed by atoms with E-state index >= 15 is 0 Å².